The maximum atomic E-state index is 5.84. The summed E-state index contributed by atoms with van der Waals surface area (Å²) in [6.07, 6.45) is 7.09. The van der Waals surface area contributed by atoms with Gasteiger partial charge >= 0.3 is 0 Å². The highest BCUT2D eigenvalue weighted by Gasteiger charge is 2.49. The Morgan fingerprint density at radius 1 is 0.950 bits per heavy atom. The zero-order chi connectivity index (χ0) is 13.9. The number of rotatable bonds is 2. The van der Waals surface area contributed by atoms with Gasteiger partial charge in [0, 0.05) is 5.92 Å². The van der Waals surface area contributed by atoms with E-state index in [4.69, 9.17) is 5.73 Å². The second-order valence-corrected chi connectivity index (χ2v) is 7.55. The van der Waals surface area contributed by atoms with Gasteiger partial charge in [-0.05, 0) is 61.7 Å². The van der Waals surface area contributed by atoms with Crippen LogP contribution < -0.4 is 5.73 Å². The predicted octanol–water partition coefficient (Wildman–Crippen LogP) is 3.12. The highest BCUT2D eigenvalue weighted by Crippen LogP contribution is 2.59. The van der Waals surface area contributed by atoms with Crippen LogP contribution in [0.25, 0.3) is 0 Å². The maximum absolute atomic E-state index is 5.84. The number of hydrogen-bond donors (Lipinski definition) is 1. The average Bonchev–Trinajstić information content (AvgIpc) is 2.37. The Balaban J connectivity index is 1.75. The number of aromatic nitrogens is 3. The molecule has 4 bridgehead atoms. The predicted molar refractivity (Wildman–Crippen MR) is 78.1 cm³/mol. The first-order valence-electron chi connectivity index (χ1n) is 8.11. The van der Waals surface area contributed by atoms with E-state index in [0.29, 0.717) is 17.8 Å². The van der Waals surface area contributed by atoms with E-state index >= 15 is 0 Å². The Morgan fingerprint density at radius 3 is 2.10 bits per heavy atom. The minimum absolute atomic E-state index is 0.346. The first-order valence-corrected chi connectivity index (χ1v) is 8.11. The van der Waals surface area contributed by atoms with E-state index in [1.54, 1.807) is 0 Å². The lowest BCUT2D eigenvalue weighted by Crippen LogP contribution is -2.44. The van der Waals surface area contributed by atoms with E-state index in [1.807, 2.05) is 0 Å². The molecule has 4 fully saturated rings. The fraction of sp³-hybridized carbons (Fsp3) is 0.812. The minimum Gasteiger partial charge on any atom is -0.366 e. The van der Waals surface area contributed by atoms with Crippen LogP contribution >= 0.6 is 0 Å². The van der Waals surface area contributed by atoms with Gasteiger partial charge in [0.25, 0.3) is 0 Å². The molecule has 0 unspecified atom stereocenters. The molecule has 1 heterocycles. The molecular formula is C16H24N4. The molecule has 1 aromatic rings. The third-order valence-electron chi connectivity index (χ3n) is 5.85. The minimum atomic E-state index is 0.346. The van der Waals surface area contributed by atoms with Crippen molar-refractivity contribution in [3.8, 4) is 0 Å². The zero-order valence-corrected chi connectivity index (χ0v) is 12.4. The smallest absolute Gasteiger partial charge is 0.240 e. The monoisotopic (exact) mass is 272 g/mol. The van der Waals surface area contributed by atoms with Gasteiger partial charge in [0.1, 0.15) is 0 Å². The van der Waals surface area contributed by atoms with Crippen molar-refractivity contribution in [3.05, 3.63) is 11.4 Å². The first-order chi connectivity index (χ1) is 9.61. The molecule has 4 aliphatic rings. The molecule has 0 spiro atoms. The number of anilines is 1. The van der Waals surface area contributed by atoms with Crippen LogP contribution in [0.15, 0.2) is 0 Å². The molecule has 4 saturated carbocycles. The van der Waals surface area contributed by atoms with Crippen molar-refractivity contribution in [3.63, 3.8) is 0 Å². The number of hydrogen-bond acceptors (Lipinski definition) is 4. The summed E-state index contributed by atoms with van der Waals surface area (Å²) < 4.78 is 0. The quantitative estimate of drug-likeness (QED) is 0.898. The number of nitrogens with two attached hydrogens (primary N) is 1. The molecule has 0 aromatic carbocycles. The molecule has 0 atom stereocenters. The van der Waals surface area contributed by atoms with Gasteiger partial charge in [-0.2, -0.15) is 0 Å². The van der Waals surface area contributed by atoms with Gasteiger partial charge in [-0.25, -0.2) is 4.98 Å². The van der Waals surface area contributed by atoms with Crippen LogP contribution in [0.4, 0.5) is 5.95 Å². The summed E-state index contributed by atoms with van der Waals surface area (Å²) in [6, 6.07) is 0. The number of nitrogens with zero attached hydrogens (tertiary/aromatic N) is 3. The van der Waals surface area contributed by atoms with Crippen molar-refractivity contribution < 1.29 is 0 Å². The summed E-state index contributed by atoms with van der Waals surface area (Å²) in [5.41, 5.74) is 8.10. The second kappa shape index (κ2) is 4.40. The molecule has 4 heteroatoms. The van der Waals surface area contributed by atoms with Gasteiger partial charge in [-0.15, -0.1) is 10.2 Å². The van der Waals surface area contributed by atoms with Gasteiger partial charge in [-0.3, -0.25) is 0 Å². The molecule has 4 aliphatic carbocycles. The van der Waals surface area contributed by atoms with Crippen molar-refractivity contribution in [1.82, 2.24) is 15.2 Å². The fourth-order valence-electron chi connectivity index (χ4n) is 5.39. The van der Waals surface area contributed by atoms with Crippen molar-refractivity contribution in [2.45, 2.75) is 57.8 Å². The number of nitrogen functional groups attached to an aromatic ring is 1. The van der Waals surface area contributed by atoms with E-state index in [9.17, 15) is 0 Å². The lowest BCUT2D eigenvalue weighted by Gasteiger charge is -2.54. The van der Waals surface area contributed by atoms with Crippen LogP contribution in [0.1, 0.15) is 69.2 Å². The molecular weight excluding hydrogens is 248 g/mol. The normalized spacial score (nSPS) is 38.6. The van der Waals surface area contributed by atoms with Crippen LogP contribution in [-0.2, 0) is 0 Å². The Bertz CT molecular complexity index is 497. The van der Waals surface area contributed by atoms with Gasteiger partial charge < -0.3 is 5.73 Å². The zero-order valence-electron chi connectivity index (χ0n) is 12.4. The van der Waals surface area contributed by atoms with Crippen molar-refractivity contribution in [1.29, 1.82) is 0 Å². The van der Waals surface area contributed by atoms with Crippen LogP contribution in [0.5, 0.6) is 0 Å². The summed E-state index contributed by atoms with van der Waals surface area (Å²) in [5.74, 6) is 4.94. The van der Waals surface area contributed by atoms with E-state index in [2.05, 4.69) is 29.0 Å². The third kappa shape index (κ3) is 1.84. The highest BCUT2D eigenvalue weighted by molar-refractivity contribution is 5.27. The second-order valence-electron chi connectivity index (χ2n) is 7.55. The van der Waals surface area contributed by atoms with Crippen molar-refractivity contribution in [2.24, 2.45) is 23.7 Å². The van der Waals surface area contributed by atoms with Crippen molar-refractivity contribution in [2.75, 3.05) is 5.73 Å². The molecule has 0 radical (unpaired) electrons. The Labute approximate surface area is 120 Å². The summed E-state index contributed by atoms with van der Waals surface area (Å²) >= 11 is 0. The molecule has 20 heavy (non-hydrogen) atoms. The molecule has 2 N–H and O–H groups in total. The van der Waals surface area contributed by atoms with Crippen LogP contribution in [0.3, 0.4) is 0 Å². The molecule has 5 rings (SSSR count). The van der Waals surface area contributed by atoms with Crippen LogP contribution in [0, 0.1) is 23.7 Å². The molecule has 1 aromatic heterocycles. The Kier molecular flexibility index (Phi) is 2.76. The fourth-order valence-corrected chi connectivity index (χ4v) is 5.39. The maximum Gasteiger partial charge on any atom is 0.240 e. The topological polar surface area (TPSA) is 64.7 Å². The lowest BCUT2D eigenvalue weighted by atomic mass is 9.51. The van der Waals surface area contributed by atoms with Gasteiger partial charge in [0.15, 0.2) is 0 Å². The van der Waals surface area contributed by atoms with E-state index < -0.39 is 0 Å². The summed E-state index contributed by atoms with van der Waals surface area (Å²) in [5, 5.41) is 8.36. The van der Waals surface area contributed by atoms with Crippen LogP contribution in [0.2, 0.25) is 0 Å². The lowest BCUT2D eigenvalue weighted by molar-refractivity contribution is -0.00470. The third-order valence-corrected chi connectivity index (χ3v) is 5.85. The summed E-state index contributed by atoms with van der Waals surface area (Å²) in [4.78, 5) is 4.64. The van der Waals surface area contributed by atoms with Crippen LogP contribution in [-0.4, -0.2) is 15.2 Å². The SMILES string of the molecule is CC(C)c1nnc(N)nc1C1C2CC3CC(C2)CC1C3. The molecule has 0 aliphatic heterocycles. The highest BCUT2D eigenvalue weighted by atomic mass is 15.2. The van der Waals surface area contributed by atoms with E-state index in [0.717, 1.165) is 29.4 Å². The van der Waals surface area contributed by atoms with E-state index in [-0.39, 0.29) is 0 Å². The van der Waals surface area contributed by atoms with Gasteiger partial charge in [0.05, 0.1) is 11.4 Å². The summed E-state index contributed by atoms with van der Waals surface area (Å²) in [7, 11) is 0. The molecule has 0 amide bonds. The molecule has 0 saturated heterocycles. The van der Waals surface area contributed by atoms with Gasteiger partial charge in [-0.1, -0.05) is 13.8 Å². The molecule has 108 valence electrons. The summed E-state index contributed by atoms with van der Waals surface area (Å²) in [6.45, 7) is 4.36. The van der Waals surface area contributed by atoms with Crippen molar-refractivity contribution >= 4 is 5.95 Å². The first kappa shape index (κ1) is 12.5. The largest absolute Gasteiger partial charge is 0.366 e. The Morgan fingerprint density at radius 2 is 1.55 bits per heavy atom. The molecule has 4 nitrogen and oxygen atoms in total. The van der Waals surface area contributed by atoms with E-state index in [1.165, 1.54) is 37.8 Å². The Hall–Kier alpha value is -1.19. The standard InChI is InChI=1S/C16H24N4/c1-8(2)14-15(18-16(17)20-19-14)13-11-4-9-3-10(6-11)7-12(13)5-9/h8-13H,3-7H2,1-2H3,(H2,17,18,20). The average molecular weight is 272 g/mol. The van der Waals surface area contributed by atoms with Gasteiger partial charge in [0.2, 0.25) is 5.95 Å².